The minimum atomic E-state index is -0.312. The summed E-state index contributed by atoms with van der Waals surface area (Å²) in [6, 6.07) is 0. The fourth-order valence-electron chi connectivity index (χ4n) is 1.29. The molecule has 0 aromatic carbocycles. The van der Waals surface area contributed by atoms with Gasteiger partial charge in [0.25, 0.3) is 0 Å². The Morgan fingerprint density at radius 3 is 1.77 bits per heavy atom. The molecular weight excluding hydrogens is 327 g/mol. The van der Waals surface area contributed by atoms with Crippen LogP contribution in [0, 0.1) is 0 Å². The molecule has 2 aliphatic carbocycles. The van der Waals surface area contributed by atoms with Crippen LogP contribution in [-0.2, 0) is 23.2 Å². The number of hydrogen-bond donors (Lipinski definition) is 0. The third-order valence-electron chi connectivity index (χ3n) is 1.86. The van der Waals surface area contributed by atoms with E-state index in [2.05, 4.69) is 61.6 Å². The molecule has 68 valence electrons. The second-order valence-corrected chi connectivity index (χ2v) is 6.55. The van der Waals surface area contributed by atoms with Crippen LogP contribution in [0.25, 0.3) is 0 Å². The summed E-state index contributed by atoms with van der Waals surface area (Å²) in [5, 5.41) is 0. The van der Waals surface area contributed by atoms with Gasteiger partial charge in [0.15, 0.2) is 0 Å². The fraction of sp³-hybridized carbons (Fsp3) is 0.200. The van der Waals surface area contributed by atoms with Crippen molar-refractivity contribution in [1.82, 2.24) is 0 Å². The molecule has 0 spiro atoms. The summed E-state index contributed by atoms with van der Waals surface area (Å²) >= 11 is 2.10. The predicted octanol–water partition coefficient (Wildman–Crippen LogP) is 4.29. The van der Waals surface area contributed by atoms with Gasteiger partial charge in [-0.25, -0.2) is 0 Å². The van der Waals surface area contributed by atoms with Gasteiger partial charge < -0.3 is 0 Å². The van der Waals surface area contributed by atoms with E-state index >= 15 is 0 Å². The molecule has 3 heteroatoms. The van der Waals surface area contributed by atoms with E-state index in [9.17, 15) is 0 Å². The Balaban J connectivity index is 0.000000396. The van der Waals surface area contributed by atoms with Gasteiger partial charge in [-0.2, -0.15) is 0 Å². The number of allylic oxidation sites excluding steroid dienone is 8. The first-order valence-electron chi connectivity index (χ1n) is 4.08. The van der Waals surface area contributed by atoms with Crippen molar-refractivity contribution >= 4 is 25.1 Å². The predicted molar refractivity (Wildman–Crippen MR) is 58.5 cm³/mol. The first kappa shape index (κ1) is 11.7. The maximum atomic E-state index is 4.45. The van der Waals surface area contributed by atoms with Gasteiger partial charge in [0.1, 0.15) is 0 Å². The molecule has 0 nitrogen and oxygen atoms in total. The van der Waals surface area contributed by atoms with Crippen LogP contribution >= 0.6 is 25.1 Å². The van der Waals surface area contributed by atoms with Crippen LogP contribution < -0.4 is 0 Å². The first-order chi connectivity index (χ1) is 6.45. The molecule has 0 bridgehead atoms. The van der Waals surface area contributed by atoms with Crippen LogP contribution in [0.5, 0.6) is 0 Å². The molecule has 13 heavy (non-hydrogen) atoms. The molecule has 0 aromatic rings. The molecule has 0 atom stereocenters. The topological polar surface area (TPSA) is 0 Å². The minimum absolute atomic E-state index is 0.312. The maximum Gasteiger partial charge on any atom is 0.0341 e. The van der Waals surface area contributed by atoms with Crippen LogP contribution in [-0.4, -0.2) is 0 Å². The molecule has 2 rings (SSSR count). The molecule has 0 aromatic heterocycles. The van der Waals surface area contributed by atoms with Crippen LogP contribution in [0.15, 0.2) is 43.0 Å². The van der Waals surface area contributed by atoms with E-state index in [1.807, 2.05) is 0 Å². The van der Waals surface area contributed by atoms with Gasteiger partial charge in [-0.1, -0.05) is 0 Å². The summed E-state index contributed by atoms with van der Waals surface area (Å²) in [5.41, 5.74) is 0. The third-order valence-corrected chi connectivity index (χ3v) is 5.27. The molecule has 0 heterocycles. The van der Waals surface area contributed by atoms with Crippen molar-refractivity contribution in [3.63, 3.8) is 0 Å². The van der Waals surface area contributed by atoms with E-state index in [-0.39, 0.29) is 23.2 Å². The Morgan fingerprint density at radius 1 is 1.00 bits per heavy atom. The smallest absolute Gasteiger partial charge is 0.0341 e. The zero-order valence-corrected chi connectivity index (χ0v) is 11.9. The van der Waals surface area contributed by atoms with E-state index < -0.39 is 0 Å². The number of rotatable bonds is 2. The summed E-state index contributed by atoms with van der Waals surface area (Å²) in [6.07, 6.45) is 16.0. The van der Waals surface area contributed by atoms with Crippen molar-refractivity contribution in [2.75, 3.05) is 0 Å². The van der Waals surface area contributed by atoms with Gasteiger partial charge in [-0.15, -0.1) is 0 Å². The van der Waals surface area contributed by atoms with Crippen LogP contribution in [0.2, 0.25) is 0 Å². The van der Waals surface area contributed by atoms with Crippen molar-refractivity contribution in [3.8, 4) is 0 Å². The van der Waals surface area contributed by atoms with Gasteiger partial charge in [0.05, 0.1) is 0 Å². The molecule has 0 amide bonds. The zero-order valence-electron chi connectivity index (χ0n) is 7.13. The zero-order chi connectivity index (χ0) is 9.52. The molecule has 0 fully saturated rings. The van der Waals surface area contributed by atoms with Crippen LogP contribution in [0.3, 0.4) is 0 Å². The standard InChI is InChI=1S/2C5H5.BrCl.Zr/c2*1-2-4-5-3-1;1-2;/h2*1-3H,4H2;;. The van der Waals surface area contributed by atoms with Gasteiger partial charge >= 0.3 is 79.1 Å². The van der Waals surface area contributed by atoms with Gasteiger partial charge in [0, 0.05) is 15.0 Å². The maximum absolute atomic E-state index is 4.45. The normalized spacial score (nSPS) is 17.7. The largest absolute Gasteiger partial charge is 0.0341 e. The molecule has 0 saturated carbocycles. The summed E-state index contributed by atoms with van der Waals surface area (Å²) < 4.78 is 3.45. The molecule has 2 aliphatic rings. The second kappa shape index (κ2) is 6.98. The van der Waals surface area contributed by atoms with E-state index in [1.165, 1.54) is 12.8 Å². The summed E-state index contributed by atoms with van der Waals surface area (Å²) in [6.45, 7) is 0. The Labute approximate surface area is 103 Å². The van der Waals surface area contributed by atoms with Crippen LogP contribution in [0.1, 0.15) is 12.8 Å². The number of halogens is 2. The van der Waals surface area contributed by atoms with Crippen molar-refractivity contribution in [1.29, 1.82) is 0 Å². The quantitative estimate of drug-likeness (QED) is 0.705. The van der Waals surface area contributed by atoms with Crippen molar-refractivity contribution in [2.45, 2.75) is 12.8 Å². The van der Waals surface area contributed by atoms with Crippen molar-refractivity contribution < 1.29 is 23.2 Å². The monoisotopic (exact) mass is 334 g/mol. The molecule has 0 unspecified atom stereocenters. The molecule has 0 saturated heterocycles. The Bertz CT molecular complexity index is 249. The van der Waals surface area contributed by atoms with Gasteiger partial charge in [-0.05, 0) is 10.1 Å². The third kappa shape index (κ3) is 4.10. The minimum Gasteiger partial charge on any atom is -0.0341 e. The fourth-order valence-corrected chi connectivity index (χ4v) is 4.26. The summed E-state index contributed by atoms with van der Waals surface area (Å²) in [4.78, 5) is 0. The Kier molecular flexibility index (Phi) is 6.27. The summed E-state index contributed by atoms with van der Waals surface area (Å²) in [7, 11) is 4.45. The molecule has 0 radical (unpaired) electrons. The van der Waals surface area contributed by atoms with Crippen LogP contribution in [0.4, 0.5) is 0 Å². The van der Waals surface area contributed by atoms with E-state index in [0.717, 1.165) is 0 Å². The average Bonchev–Trinajstić information content (AvgIpc) is 2.81. The first-order valence-corrected chi connectivity index (χ1v) is 8.62. The molecular formula is C10H10BrClZr. The van der Waals surface area contributed by atoms with Gasteiger partial charge in [-0.3, -0.25) is 0 Å². The summed E-state index contributed by atoms with van der Waals surface area (Å²) in [5.74, 6) is 0. The molecule has 0 aliphatic heterocycles. The molecule has 0 N–H and O–H groups in total. The second-order valence-electron chi connectivity index (χ2n) is 2.77. The van der Waals surface area contributed by atoms with Gasteiger partial charge in [0.2, 0.25) is 0 Å². The van der Waals surface area contributed by atoms with Crippen molar-refractivity contribution in [2.24, 2.45) is 0 Å². The van der Waals surface area contributed by atoms with E-state index in [1.54, 1.807) is 6.56 Å². The Hall–Kier alpha value is 0.613. The Morgan fingerprint density at radius 2 is 1.46 bits per heavy atom. The SMILES string of the molecule is C1=CC[C]([Zr][C]2=CC=CC2)=C1.ClBr. The average molecular weight is 337 g/mol. The van der Waals surface area contributed by atoms with E-state index in [4.69, 9.17) is 0 Å². The number of hydrogen-bond acceptors (Lipinski definition) is 0. The van der Waals surface area contributed by atoms with E-state index in [0.29, 0.717) is 0 Å². The van der Waals surface area contributed by atoms with Crippen molar-refractivity contribution in [3.05, 3.63) is 43.0 Å².